The fraction of sp³-hybridized carbons (Fsp3) is 0.276. The van der Waals surface area contributed by atoms with Crippen LogP contribution in [0.2, 0.25) is 0 Å². The van der Waals surface area contributed by atoms with Crippen molar-refractivity contribution in [2.45, 2.75) is 32.2 Å². The molecule has 8 heteroatoms. The normalized spacial score (nSPS) is 13.2. The standard InChI is InChI=1S/C29H27N2O6/c1-34-25-11-10-21-22(5-3-4-18-6-8-20(9-7-18)31(32)33)28-23-15-27-26(36-17-37-27)14-19(23)12-13-30(28)16-24(21)29(25)35-2/h6-11,14-16H,3-5,12-13,17H2,1-2H3/q+1. The van der Waals surface area contributed by atoms with Gasteiger partial charge in [0.2, 0.25) is 12.5 Å². The van der Waals surface area contributed by atoms with Gasteiger partial charge < -0.3 is 18.9 Å². The maximum absolute atomic E-state index is 11.0. The summed E-state index contributed by atoms with van der Waals surface area (Å²) >= 11 is 0. The highest BCUT2D eigenvalue weighted by Crippen LogP contribution is 2.43. The summed E-state index contributed by atoms with van der Waals surface area (Å²) < 4.78 is 25.1. The van der Waals surface area contributed by atoms with E-state index in [4.69, 9.17) is 18.9 Å². The molecule has 0 saturated carbocycles. The minimum absolute atomic E-state index is 0.111. The number of pyridine rings is 1. The maximum Gasteiger partial charge on any atom is 0.269 e. The molecule has 3 heterocycles. The fourth-order valence-corrected chi connectivity index (χ4v) is 5.52. The second-order valence-electron chi connectivity index (χ2n) is 9.30. The lowest BCUT2D eigenvalue weighted by atomic mass is 9.89. The van der Waals surface area contributed by atoms with E-state index in [0.717, 1.165) is 71.4 Å². The van der Waals surface area contributed by atoms with Gasteiger partial charge >= 0.3 is 0 Å². The lowest BCUT2D eigenvalue weighted by Gasteiger charge is -2.21. The van der Waals surface area contributed by atoms with Crippen molar-refractivity contribution in [3.63, 3.8) is 0 Å². The highest BCUT2D eigenvalue weighted by atomic mass is 16.7. The summed E-state index contributed by atoms with van der Waals surface area (Å²) in [5.41, 5.74) is 6.02. The quantitative estimate of drug-likeness (QED) is 0.198. The Balaban J connectivity index is 1.45. The number of non-ortho nitro benzene ring substituents is 1. The van der Waals surface area contributed by atoms with Gasteiger partial charge in [-0.25, -0.2) is 0 Å². The van der Waals surface area contributed by atoms with Crippen LogP contribution >= 0.6 is 0 Å². The summed E-state index contributed by atoms with van der Waals surface area (Å²) in [4.78, 5) is 10.6. The molecule has 0 aliphatic carbocycles. The van der Waals surface area contributed by atoms with Gasteiger partial charge in [-0.3, -0.25) is 10.1 Å². The highest BCUT2D eigenvalue weighted by Gasteiger charge is 2.32. The molecule has 188 valence electrons. The summed E-state index contributed by atoms with van der Waals surface area (Å²) in [6.45, 7) is 1.09. The van der Waals surface area contributed by atoms with Gasteiger partial charge in [-0.15, -0.1) is 0 Å². The van der Waals surface area contributed by atoms with E-state index in [0.29, 0.717) is 5.75 Å². The number of hydrogen-bond acceptors (Lipinski definition) is 6. The molecule has 2 aliphatic rings. The molecule has 0 amide bonds. The first-order valence-corrected chi connectivity index (χ1v) is 12.3. The molecule has 6 rings (SSSR count). The van der Waals surface area contributed by atoms with Crippen LogP contribution in [-0.4, -0.2) is 25.9 Å². The topological polar surface area (TPSA) is 83.9 Å². The van der Waals surface area contributed by atoms with E-state index in [1.165, 1.54) is 16.8 Å². The highest BCUT2D eigenvalue weighted by molar-refractivity contribution is 5.95. The Kier molecular flexibility index (Phi) is 5.79. The van der Waals surface area contributed by atoms with Crippen LogP contribution in [0.25, 0.3) is 22.0 Å². The third kappa shape index (κ3) is 3.98. The summed E-state index contributed by atoms with van der Waals surface area (Å²) in [7, 11) is 3.32. The van der Waals surface area contributed by atoms with E-state index in [1.54, 1.807) is 26.4 Å². The van der Waals surface area contributed by atoms with Crippen molar-refractivity contribution in [1.82, 2.24) is 0 Å². The minimum Gasteiger partial charge on any atom is -0.493 e. The third-order valence-electron chi connectivity index (χ3n) is 7.28. The maximum atomic E-state index is 11.0. The number of benzene rings is 3. The van der Waals surface area contributed by atoms with Crippen LogP contribution in [-0.2, 0) is 25.8 Å². The van der Waals surface area contributed by atoms with Gasteiger partial charge in [-0.1, -0.05) is 12.1 Å². The molecule has 4 aromatic rings. The molecule has 0 saturated heterocycles. The number of nitro groups is 1. The largest absolute Gasteiger partial charge is 0.493 e. The lowest BCUT2D eigenvalue weighted by molar-refractivity contribution is -0.686. The molecule has 1 aromatic heterocycles. The molecule has 0 fully saturated rings. The van der Waals surface area contributed by atoms with Crippen LogP contribution in [0.1, 0.15) is 23.1 Å². The third-order valence-corrected chi connectivity index (χ3v) is 7.28. The van der Waals surface area contributed by atoms with Crippen molar-refractivity contribution >= 4 is 16.5 Å². The number of hydrogen-bond donors (Lipinski definition) is 0. The Labute approximate surface area is 214 Å². The van der Waals surface area contributed by atoms with Crippen LogP contribution in [0.15, 0.2) is 54.7 Å². The van der Waals surface area contributed by atoms with Crippen LogP contribution in [0.3, 0.4) is 0 Å². The SMILES string of the molecule is COc1ccc2c(CCCc3ccc([N+](=O)[O-])cc3)c3[n+](cc2c1OC)CCc1cc2c(cc1-3)OCO2. The van der Waals surface area contributed by atoms with E-state index in [9.17, 15) is 10.1 Å². The average Bonchev–Trinajstić information content (AvgIpc) is 3.38. The van der Waals surface area contributed by atoms with E-state index >= 15 is 0 Å². The first-order valence-electron chi connectivity index (χ1n) is 12.3. The molecular formula is C29H27N2O6+. The molecule has 3 aromatic carbocycles. The number of rotatable bonds is 7. The van der Waals surface area contributed by atoms with Crippen molar-refractivity contribution in [2.75, 3.05) is 21.0 Å². The molecule has 0 N–H and O–H groups in total. The molecule has 0 unspecified atom stereocenters. The van der Waals surface area contributed by atoms with Crippen molar-refractivity contribution in [2.24, 2.45) is 0 Å². The Morgan fingerprint density at radius 3 is 2.49 bits per heavy atom. The number of aromatic nitrogens is 1. The van der Waals surface area contributed by atoms with Crippen LogP contribution in [0, 0.1) is 10.1 Å². The van der Waals surface area contributed by atoms with Gasteiger partial charge in [0, 0.05) is 29.5 Å². The zero-order valence-electron chi connectivity index (χ0n) is 20.8. The monoisotopic (exact) mass is 499 g/mol. The van der Waals surface area contributed by atoms with E-state index in [1.807, 2.05) is 18.2 Å². The van der Waals surface area contributed by atoms with Gasteiger partial charge in [0.05, 0.1) is 30.1 Å². The number of methoxy groups -OCH3 is 2. The van der Waals surface area contributed by atoms with Crippen LogP contribution < -0.4 is 23.5 Å². The summed E-state index contributed by atoms with van der Waals surface area (Å²) in [5, 5.41) is 13.1. The molecule has 2 aliphatic heterocycles. The lowest BCUT2D eigenvalue weighted by Crippen LogP contribution is -2.41. The van der Waals surface area contributed by atoms with Gasteiger partial charge in [-0.05, 0) is 54.7 Å². The van der Waals surface area contributed by atoms with Gasteiger partial charge in [0.1, 0.15) is 0 Å². The Morgan fingerprint density at radius 2 is 1.76 bits per heavy atom. The van der Waals surface area contributed by atoms with Crippen molar-refractivity contribution < 1.29 is 28.4 Å². The summed E-state index contributed by atoms with van der Waals surface area (Å²) in [5.74, 6) is 3.01. The molecule has 8 nitrogen and oxygen atoms in total. The average molecular weight is 500 g/mol. The van der Waals surface area contributed by atoms with Crippen molar-refractivity contribution in [3.05, 3.63) is 81.5 Å². The van der Waals surface area contributed by atoms with Crippen molar-refractivity contribution in [3.8, 4) is 34.3 Å². The predicted octanol–water partition coefficient (Wildman–Crippen LogP) is 5.18. The van der Waals surface area contributed by atoms with E-state index in [-0.39, 0.29) is 17.4 Å². The molecule has 37 heavy (non-hydrogen) atoms. The van der Waals surface area contributed by atoms with Gasteiger partial charge in [0.15, 0.2) is 35.7 Å². The second-order valence-corrected chi connectivity index (χ2v) is 9.30. The molecule has 0 atom stereocenters. The number of aryl methyl sites for hydroxylation is 4. The van der Waals surface area contributed by atoms with Crippen LogP contribution in [0.5, 0.6) is 23.0 Å². The Bertz CT molecular complexity index is 1530. The zero-order chi connectivity index (χ0) is 25.5. The predicted molar refractivity (Wildman–Crippen MR) is 138 cm³/mol. The number of fused-ring (bicyclic) bond motifs is 5. The number of nitro benzene ring substituents is 1. The second kappa shape index (κ2) is 9.28. The fourth-order valence-electron chi connectivity index (χ4n) is 5.52. The van der Waals surface area contributed by atoms with E-state index in [2.05, 4.69) is 29.0 Å². The summed E-state index contributed by atoms with van der Waals surface area (Å²) in [6, 6.07) is 15.1. The molecule has 0 spiro atoms. The first kappa shape index (κ1) is 23.1. The first-order chi connectivity index (χ1) is 18.1. The molecule has 0 bridgehead atoms. The van der Waals surface area contributed by atoms with Crippen molar-refractivity contribution in [1.29, 1.82) is 0 Å². The molecular weight excluding hydrogens is 472 g/mol. The smallest absolute Gasteiger partial charge is 0.269 e. The Morgan fingerprint density at radius 1 is 0.973 bits per heavy atom. The molecule has 0 radical (unpaired) electrons. The van der Waals surface area contributed by atoms with E-state index < -0.39 is 0 Å². The van der Waals surface area contributed by atoms with Gasteiger partial charge in [-0.2, -0.15) is 4.57 Å². The summed E-state index contributed by atoms with van der Waals surface area (Å²) in [6.07, 6.45) is 5.59. The zero-order valence-corrected chi connectivity index (χ0v) is 20.8. The number of ether oxygens (including phenoxy) is 4. The van der Waals surface area contributed by atoms with Gasteiger partial charge in [0.25, 0.3) is 5.69 Å². The Hall–Kier alpha value is -4.33. The minimum atomic E-state index is -0.367. The van der Waals surface area contributed by atoms with Crippen LogP contribution in [0.4, 0.5) is 5.69 Å². The number of nitrogens with zero attached hydrogens (tertiary/aromatic N) is 2.